The van der Waals surface area contributed by atoms with Crippen LogP contribution >= 0.6 is 0 Å². The third-order valence-electron chi connectivity index (χ3n) is 6.64. The number of hydrogen-bond acceptors (Lipinski definition) is 3. The number of benzene rings is 1. The number of carbonyl (C=O) groups excluding carboxylic acids is 1. The van der Waals surface area contributed by atoms with E-state index in [-0.39, 0.29) is 12.0 Å². The zero-order valence-electron chi connectivity index (χ0n) is 17.0. The lowest BCUT2D eigenvalue weighted by Crippen LogP contribution is -2.46. The number of hydrogen-bond donors (Lipinski definition) is 0. The van der Waals surface area contributed by atoms with Crippen LogP contribution in [-0.4, -0.2) is 60.6 Å². The standard InChI is InChI=1S/C24H32N2O2/c1-2-6-24(27)26(18-23-9-5-14-28-23)17-19-10-12-25(13-11-19)22-15-20-7-3-4-8-21(20)16-22/h3-4,7-8,19,22-23H,5,9-18H2,1H3/t23-/m1/s1. The fraction of sp³-hybridized carbons (Fsp3) is 0.625. The van der Waals surface area contributed by atoms with Crippen LogP contribution in [0.1, 0.15) is 43.7 Å². The third kappa shape index (κ3) is 4.59. The zero-order chi connectivity index (χ0) is 19.3. The maximum absolute atomic E-state index is 12.5. The molecule has 0 N–H and O–H groups in total. The molecule has 150 valence electrons. The number of rotatable bonds is 5. The SMILES string of the molecule is CC#CC(=O)N(CC1CCN(C2Cc3ccccc3C2)CC1)C[C@H]1CCCO1. The molecule has 1 aliphatic carbocycles. The Kier molecular flexibility index (Phi) is 6.34. The lowest BCUT2D eigenvalue weighted by atomic mass is 9.94. The highest BCUT2D eigenvalue weighted by Crippen LogP contribution is 2.29. The van der Waals surface area contributed by atoms with E-state index in [1.54, 1.807) is 6.92 Å². The Morgan fingerprint density at radius 3 is 2.46 bits per heavy atom. The van der Waals surface area contributed by atoms with Crippen molar-refractivity contribution in [1.29, 1.82) is 0 Å². The second-order valence-electron chi connectivity index (χ2n) is 8.53. The smallest absolute Gasteiger partial charge is 0.298 e. The van der Waals surface area contributed by atoms with Crippen molar-refractivity contribution in [2.45, 2.75) is 57.6 Å². The van der Waals surface area contributed by atoms with Gasteiger partial charge in [-0.15, -0.1) is 0 Å². The third-order valence-corrected chi connectivity index (χ3v) is 6.64. The van der Waals surface area contributed by atoms with Crippen LogP contribution in [0, 0.1) is 17.8 Å². The Balaban J connectivity index is 1.29. The molecule has 1 aromatic carbocycles. The van der Waals surface area contributed by atoms with E-state index in [0.29, 0.717) is 18.5 Å². The number of fused-ring (bicyclic) bond motifs is 1. The molecule has 0 unspecified atom stereocenters. The highest BCUT2D eigenvalue weighted by molar-refractivity contribution is 5.93. The highest BCUT2D eigenvalue weighted by atomic mass is 16.5. The molecule has 0 bridgehead atoms. The van der Waals surface area contributed by atoms with Crippen molar-refractivity contribution in [3.8, 4) is 11.8 Å². The first-order chi connectivity index (χ1) is 13.7. The molecular weight excluding hydrogens is 348 g/mol. The molecular formula is C24H32N2O2. The molecule has 4 rings (SSSR count). The van der Waals surface area contributed by atoms with Gasteiger partial charge in [-0.2, -0.15) is 0 Å². The quantitative estimate of drug-likeness (QED) is 0.737. The predicted octanol–water partition coefficient (Wildman–Crippen LogP) is 2.90. The van der Waals surface area contributed by atoms with Crippen LogP contribution in [0.2, 0.25) is 0 Å². The van der Waals surface area contributed by atoms with Gasteiger partial charge in [0.05, 0.1) is 6.10 Å². The molecule has 4 heteroatoms. The van der Waals surface area contributed by atoms with Crippen molar-refractivity contribution < 1.29 is 9.53 Å². The number of piperidine rings is 1. The number of ether oxygens (including phenoxy) is 1. The van der Waals surface area contributed by atoms with E-state index < -0.39 is 0 Å². The maximum Gasteiger partial charge on any atom is 0.298 e. The summed E-state index contributed by atoms with van der Waals surface area (Å²) in [6, 6.07) is 9.55. The molecule has 4 nitrogen and oxygen atoms in total. The Hall–Kier alpha value is -1.83. The molecule has 0 spiro atoms. The van der Waals surface area contributed by atoms with Crippen LogP contribution in [0.25, 0.3) is 0 Å². The van der Waals surface area contributed by atoms with E-state index in [1.807, 2.05) is 4.90 Å². The molecule has 1 aromatic rings. The predicted molar refractivity (Wildman–Crippen MR) is 111 cm³/mol. The number of amides is 1. The van der Waals surface area contributed by atoms with Gasteiger partial charge in [0.1, 0.15) is 0 Å². The summed E-state index contributed by atoms with van der Waals surface area (Å²) in [6.45, 7) is 6.38. The normalized spacial score (nSPS) is 23.2. The highest BCUT2D eigenvalue weighted by Gasteiger charge is 2.31. The Morgan fingerprint density at radius 2 is 1.86 bits per heavy atom. The fourth-order valence-corrected chi connectivity index (χ4v) is 5.07. The zero-order valence-corrected chi connectivity index (χ0v) is 17.0. The van der Waals surface area contributed by atoms with Crippen LogP contribution in [0.5, 0.6) is 0 Å². The van der Waals surface area contributed by atoms with Gasteiger partial charge >= 0.3 is 0 Å². The van der Waals surface area contributed by atoms with Crippen molar-refractivity contribution in [2.75, 3.05) is 32.8 Å². The van der Waals surface area contributed by atoms with Crippen molar-refractivity contribution >= 4 is 5.91 Å². The lowest BCUT2D eigenvalue weighted by Gasteiger charge is -2.38. The number of carbonyl (C=O) groups is 1. The summed E-state index contributed by atoms with van der Waals surface area (Å²) < 4.78 is 5.77. The van der Waals surface area contributed by atoms with Crippen LogP contribution < -0.4 is 0 Å². The largest absolute Gasteiger partial charge is 0.376 e. The fourth-order valence-electron chi connectivity index (χ4n) is 5.07. The average Bonchev–Trinajstić information content (AvgIpc) is 3.37. The summed E-state index contributed by atoms with van der Waals surface area (Å²) in [4.78, 5) is 17.1. The molecule has 2 heterocycles. The Labute approximate surface area is 169 Å². The van der Waals surface area contributed by atoms with E-state index in [4.69, 9.17) is 4.74 Å². The molecule has 28 heavy (non-hydrogen) atoms. The minimum atomic E-state index is -0.0355. The summed E-state index contributed by atoms with van der Waals surface area (Å²) in [5.74, 6) is 6.05. The number of nitrogens with zero attached hydrogens (tertiary/aromatic N) is 2. The molecule has 2 fully saturated rings. The van der Waals surface area contributed by atoms with Crippen molar-refractivity contribution in [2.24, 2.45) is 5.92 Å². The van der Waals surface area contributed by atoms with Gasteiger partial charge in [-0.05, 0) is 81.5 Å². The summed E-state index contributed by atoms with van der Waals surface area (Å²) in [5, 5.41) is 0. The topological polar surface area (TPSA) is 32.8 Å². The van der Waals surface area contributed by atoms with E-state index in [2.05, 4.69) is 41.0 Å². The van der Waals surface area contributed by atoms with Crippen LogP contribution in [0.3, 0.4) is 0 Å². The van der Waals surface area contributed by atoms with Crippen LogP contribution in [-0.2, 0) is 22.4 Å². The van der Waals surface area contributed by atoms with Gasteiger partial charge in [-0.25, -0.2) is 0 Å². The molecule has 3 aliphatic rings. The van der Waals surface area contributed by atoms with E-state index in [0.717, 1.165) is 39.1 Å². The molecule has 1 atom stereocenters. The monoisotopic (exact) mass is 380 g/mol. The van der Waals surface area contributed by atoms with Gasteiger partial charge in [-0.3, -0.25) is 9.69 Å². The van der Waals surface area contributed by atoms with Crippen molar-refractivity contribution in [1.82, 2.24) is 9.80 Å². The minimum Gasteiger partial charge on any atom is -0.376 e. The second kappa shape index (κ2) is 9.11. The second-order valence-corrected chi connectivity index (χ2v) is 8.53. The minimum absolute atomic E-state index is 0.0355. The maximum atomic E-state index is 12.5. The molecule has 2 saturated heterocycles. The van der Waals surface area contributed by atoms with Crippen LogP contribution in [0.4, 0.5) is 0 Å². The van der Waals surface area contributed by atoms with Gasteiger partial charge in [0, 0.05) is 25.7 Å². The van der Waals surface area contributed by atoms with Crippen LogP contribution in [0.15, 0.2) is 24.3 Å². The first-order valence-corrected chi connectivity index (χ1v) is 10.9. The number of likely N-dealkylation sites (tertiary alicyclic amines) is 1. The summed E-state index contributed by atoms with van der Waals surface area (Å²) in [6.07, 6.45) is 7.08. The lowest BCUT2D eigenvalue weighted by molar-refractivity contribution is -0.127. The Bertz CT molecular complexity index is 711. The first kappa shape index (κ1) is 19.5. The van der Waals surface area contributed by atoms with E-state index in [1.165, 1.54) is 36.8 Å². The van der Waals surface area contributed by atoms with Gasteiger partial charge in [-0.1, -0.05) is 30.2 Å². The van der Waals surface area contributed by atoms with E-state index >= 15 is 0 Å². The summed E-state index contributed by atoms with van der Waals surface area (Å²) >= 11 is 0. The molecule has 0 saturated carbocycles. The van der Waals surface area contributed by atoms with Gasteiger partial charge in [0.25, 0.3) is 5.91 Å². The summed E-state index contributed by atoms with van der Waals surface area (Å²) in [7, 11) is 0. The first-order valence-electron chi connectivity index (χ1n) is 10.9. The average molecular weight is 381 g/mol. The molecule has 0 radical (unpaired) electrons. The Morgan fingerprint density at radius 1 is 1.14 bits per heavy atom. The molecule has 1 amide bonds. The van der Waals surface area contributed by atoms with E-state index in [9.17, 15) is 4.79 Å². The van der Waals surface area contributed by atoms with Gasteiger partial charge in [0.15, 0.2) is 0 Å². The van der Waals surface area contributed by atoms with Crippen molar-refractivity contribution in [3.63, 3.8) is 0 Å². The summed E-state index contributed by atoms with van der Waals surface area (Å²) in [5.41, 5.74) is 3.06. The van der Waals surface area contributed by atoms with Gasteiger partial charge < -0.3 is 9.64 Å². The molecule has 0 aromatic heterocycles. The molecule has 2 aliphatic heterocycles. The van der Waals surface area contributed by atoms with Gasteiger partial charge in [0.2, 0.25) is 0 Å². The van der Waals surface area contributed by atoms with Crippen molar-refractivity contribution in [3.05, 3.63) is 35.4 Å².